The second-order valence-electron chi connectivity index (χ2n) is 3.51. The molecule has 0 radical (unpaired) electrons. The van der Waals surface area contributed by atoms with Crippen molar-refractivity contribution in [1.82, 2.24) is 9.80 Å². The summed E-state index contributed by atoms with van der Waals surface area (Å²) in [5.74, 6) is 0. The van der Waals surface area contributed by atoms with Crippen LogP contribution in [0.15, 0.2) is 0 Å². The average molecular weight is 218 g/mol. The van der Waals surface area contributed by atoms with Gasteiger partial charge in [-0.1, -0.05) is 0 Å². The van der Waals surface area contributed by atoms with Crippen LogP contribution >= 0.6 is 0 Å². The van der Waals surface area contributed by atoms with Gasteiger partial charge in [0.15, 0.2) is 0 Å². The van der Waals surface area contributed by atoms with Gasteiger partial charge in [-0.05, 0) is 6.92 Å². The van der Waals surface area contributed by atoms with Crippen molar-refractivity contribution in [3.63, 3.8) is 0 Å². The summed E-state index contributed by atoms with van der Waals surface area (Å²) in [5.41, 5.74) is 0. The third kappa shape index (κ3) is 2.50. The fraction of sp³-hybridized carbons (Fsp3) is 0.750. The number of nitrogens with zero attached hydrogens (tertiary/aromatic N) is 2. The topological polar surface area (TPSA) is 101 Å². The van der Waals surface area contributed by atoms with Gasteiger partial charge in [0.25, 0.3) is 0 Å². The number of carboxylic acid groups (broad SMARTS) is 2. The highest BCUT2D eigenvalue weighted by Crippen LogP contribution is 2.13. The van der Waals surface area contributed by atoms with Crippen LogP contribution in [0.4, 0.5) is 9.59 Å². The van der Waals surface area contributed by atoms with Crippen LogP contribution in [0.3, 0.4) is 0 Å². The molecule has 0 spiro atoms. The van der Waals surface area contributed by atoms with Crippen molar-refractivity contribution < 1.29 is 24.9 Å². The highest BCUT2D eigenvalue weighted by atomic mass is 16.4. The van der Waals surface area contributed by atoms with E-state index in [1.165, 1.54) is 6.92 Å². The largest absolute Gasteiger partial charge is 0.465 e. The van der Waals surface area contributed by atoms with E-state index in [-0.39, 0.29) is 19.6 Å². The van der Waals surface area contributed by atoms with E-state index in [0.29, 0.717) is 0 Å². The van der Waals surface area contributed by atoms with Gasteiger partial charge in [0.05, 0.1) is 12.1 Å². The van der Waals surface area contributed by atoms with Gasteiger partial charge >= 0.3 is 12.2 Å². The number of carbonyl (C=O) groups is 2. The van der Waals surface area contributed by atoms with E-state index in [2.05, 4.69) is 0 Å². The van der Waals surface area contributed by atoms with E-state index in [0.717, 1.165) is 9.80 Å². The molecule has 1 unspecified atom stereocenters. The summed E-state index contributed by atoms with van der Waals surface area (Å²) in [5, 5.41) is 26.9. The van der Waals surface area contributed by atoms with Gasteiger partial charge in [-0.3, -0.25) is 4.90 Å². The number of amides is 2. The minimum absolute atomic E-state index is 0.0132. The fourth-order valence-electron chi connectivity index (χ4n) is 1.63. The Labute approximate surface area is 86.5 Å². The van der Waals surface area contributed by atoms with Crippen LogP contribution in [0.5, 0.6) is 0 Å². The van der Waals surface area contributed by atoms with Gasteiger partial charge in [0.1, 0.15) is 0 Å². The van der Waals surface area contributed by atoms with Crippen LogP contribution in [0.2, 0.25) is 0 Å². The maximum atomic E-state index is 10.8. The molecule has 0 bridgehead atoms. The molecule has 86 valence electrons. The van der Waals surface area contributed by atoms with Crippen LogP contribution < -0.4 is 0 Å². The Hall–Kier alpha value is -1.50. The van der Waals surface area contributed by atoms with Gasteiger partial charge in [-0.2, -0.15) is 0 Å². The van der Waals surface area contributed by atoms with Crippen molar-refractivity contribution in [2.24, 2.45) is 0 Å². The molecule has 0 aromatic carbocycles. The van der Waals surface area contributed by atoms with E-state index < -0.39 is 24.3 Å². The number of hydrogen-bond acceptors (Lipinski definition) is 3. The zero-order valence-electron chi connectivity index (χ0n) is 8.33. The monoisotopic (exact) mass is 218 g/mol. The van der Waals surface area contributed by atoms with Crippen molar-refractivity contribution in [2.45, 2.75) is 19.1 Å². The minimum atomic E-state index is -1.13. The molecule has 1 aliphatic heterocycles. The molecule has 2 amide bonds. The molecule has 1 heterocycles. The summed E-state index contributed by atoms with van der Waals surface area (Å²) < 4.78 is 0. The highest BCUT2D eigenvalue weighted by molar-refractivity contribution is 5.68. The summed E-state index contributed by atoms with van der Waals surface area (Å²) >= 11 is 0. The summed E-state index contributed by atoms with van der Waals surface area (Å²) in [6.07, 6.45) is -3.11. The maximum absolute atomic E-state index is 10.8. The second kappa shape index (κ2) is 4.35. The Kier molecular flexibility index (Phi) is 3.35. The first-order valence-electron chi connectivity index (χ1n) is 4.59. The van der Waals surface area contributed by atoms with Crippen molar-refractivity contribution in [1.29, 1.82) is 0 Å². The average Bonchev–Trinajstić information content (AvgIpc) is 2.16. The number of aliphatic hydroxyl groups excluding tert-OH is 1. The first kappa shape index (κ1) is 11.6. The van der Waals surface area contributed by atoms with Gasteiger partial charge < -0.3 is 20.2 Å². The maximum Gasteiger partial charge on any atom is 0.407 e. The number of rotatable bonds is 1. The summed E-state index contributed by atoms with van der Waals surface area (Å²) in [6.45, 7) is 1.70. The quantitative estimate of drug-likeness (QED) is 0.561. The lowest BCUT2D eigenvalue weighted by Gasteiger charge is -2.39. The zero-order valence-corrected chi connectivity index (χ0v) is 8.33. The minimum Gasteiger partial charge on any atom is -0.465 e. The molecule has 3 N–H and O–H groups in total. The Morgan fingerprint density at radius 1 is 1.27 bits per heavy atom. The lowest BCUT2D eigenvalue weighted by molar-refractivity contribution is 0.0112. The molecular formula is C8H14N2O5. The molecule has 2 atom stereocenters. The van der Waals surface area contributed by atoms with Crippen LogP contribution in [-0.2, 0) is 0 Å². The number of piperazine rings is 1. The molecule has 0 aromatic rings. The predicted molar refractivity (Wildman–Crippen MR) is 49.8 cm³/mol. The van der Waals surface area contributed by atoms with Crippen LogP contribution in [0.1, 0.15) is 6.92 Å². The lowest BCUT2D eigenvalue weighted by Crippen LogP contribution is -2.59. The van der Waals surface area contributed by atoms with Crippen molar-refractivity contribution in [2.75, 3.05) is 19.6 Å². The SMILES string of the molecule is CC(O)[C@@H]1CN(C(=O)O)CCN1C(=O)O. The second-order valence-corrected chi connectivity index (χ2v) is 3.51. The molecule has 1 rings (SSSR count). The molecule has 7 heteroatoms. The standard InChI is InChI=1S/C8H14N2O5/c1-5(11)6-4-9(7(12)13)2-3-10(6)8(14)15/h5-6,11H,2-4H2,1H3,(H,12,13)(H,14,15)/t5?,6-/m0/s1. The van der Waals surface area contributed by atoms with E-state index >= 15 is 0 Å². The summed E-state index contributed by atoms with van der Waals surface area (Å²) in [7, 11) is 0. The Morgan fingerprint density at radius 3 is 2.27 bits per heavy atom. The number of hydrogen-bond donors (Lipinski definition) is 3. The van der Waals surface area contributed by atoms with Gasteiger partial charge in [-0.25, -0.2) is 9.59 Å². The van der Waals surface area contributed by atoms with E-state index in [1.54, 1.807) is 0 Å². The van der Waals surface area contributed by atoms with E-state index in [1.807, 2.05) is 0 Å². The molecule has 1 aliphatic rings. The van der Waals surface area contributed by atoms with Gasteiger partial charge in [0.2, 0.25) is 0 Å². The van der Waals surface area contributed by atoms with E-state index in [9.17, 15) is 14.7 Å². The molecular weight excluding hydrogens is 204 g/mol. The molecule has 0 aliphatic carbocycles. The molecule has 1 saturated heterocycles. The zero-order chi connectivity index (χ0) is 11.6. The first-order chi connectivity index (χ1) is 6.93. The Morgan fingerprint density at radius 2 is 1.87 bits per heavy atom. The Bertz CT molecular complexity index is 268. The van der Waals surface area contributed by atoms with E-state index in [4.69, 9.17) is 10.2 Å². The van der Waals surface area contributed by atoms with Crippen molar-refractivity contribution >= 4 is 12.2 Å². The van der Waals surface area contributed by atoms with Gasteiger partial charge in [0, 0.05) is 19.6 Å². The molecule has 7 nitrogen and oxygen atoms in total. The molecule has 1 fully saturated rings. The highest BCUT2D eigenvalue weighted by Gasteiger charge is 2.34. The number of aliphatic hydroxyl groups is 1. The predicted octanol–water partition coefficient (Wildman–Crippen LogP) is -0.291. The van der Waals surface area contributed by atoms with Crippen molar-refractivity contribution in [3.05, 3.63) is 0 Å². The van der Waals surface area contributed by atoms with Gasteiger partial charge in [-0.15, -0.1) is 0 Å². The van der Waals surface area contributed by atoms with Crippen molar-refractivity contribution in [3.8, 4) is 0 Å². The third-order valence-corrected chi connectivity index (χ3v) is 2.49. The first-order valence-corrected chi connectivity index (χ1v) is 4.59. The van der Waals surface area contributed by atoms with Crippen LogP contribution in [-0.4, -0.2) is 69.1 Å². The summed E-state index contributed by atoms with van der Waals surface area (Å²) in [4.78, 5) is 23.7. The third-order valence-electron chi connectivity index (χ3n) is 2.49. The molecule has 0 aromatic heterocycles. The Balaban J connectivity index is 2.73. The fourth-order valence-corrected chi connectivity index (χ4v) is 1.63. The molecule has 15 heavy (non-hydrogen) atoms. The summed E-state index contributed by atoms with van der Waals surface area (Å²) in [6, 6.07) is -0.688. The van der Waals surface area contributed by atoms with Crippen LogP contribution in [0, 0.1) is 0 Å². The normalized spacial score (nSPS) is 23.7. The smallest absolute Gasteiger partial charge is 0.407 e. The van der Waals surface area contributed by atoms with Crippen LogP contribution in [0.25, 0.3) is 0 Å². The molecule has 0 saturated carbocycles. The lowest BCUT2D eigenvalue weighted by atomic mass is 10.1.